The number of unbranched alkanes of at least 4 members (excludes halogenated alkanes) is 2. The van der Waals surface area contributed by atoms with Gasteiger partial charge in [0.05, 0.1) is 6.04 Å². The van der Waals surface area contributed by atoms with Crippen LogP contribution in [-0.4, -0.2) is 57.7 Å². The van der Waals surface area contributed by atoms with Crippen LogP contribution in [0.2, 0.25) is 0 Å². The zero-order chi connectivity index (χ0) is 31.8. The van der Waals surface area contributed by atoms with Crippen molar-refractivity contribution in [1.82, 2.24) is 25.8 Å². The number of hydrogen-bond donors (Lipinski definition) is 4. The van der Waals surface area contributed by atoms with E-state index < -0.39 is 24.0 Å². The Bertz CT molecular complexity index is 1470. The van der Waals surface area contributed by atoms with Crippen LogP contribution in [0.25, 0.3) is 10.9 Å². The zero-order valence-corrected chi connectivity index (χ0v) is 26.5. The molecule has 3 heterocycles. The van der Waals surface area contributed by atoms with Crippen LogP contribution in [-0.2, 0) is 25.6 Å². The highest BCUT2D eigenvalue weighted by Gasteiger charge is 2.44. The molecule has 45 heavy (non-hydrogen) atoms. The normalized spacial score (nSPS) is 21.3. The molecule has 4 amide bonds. The number of H-pyrrole nitrogens is 1. The lowest BCUT2D eigenvalue weighted by Crippen LogP contribution is -2.59. The van der Waals surface area contributed by atoms with Gasteiger partial charge in [-0.05, 0) is 49.3 Å². The molecular weight excluding hydrogens is 566 g/mol. The first-order valence-corrected chi connectivity index (χ1v) is 16.7. The van der Waals surface area contributed by atoms with Gasteiger partial charge in [0.1, 0.15) is 18.1 Å². The third-order valence-electron chi connectivity index (χ3n) is 9.36. The number of aromatic amines is 1. The molecule has 0 saturated carbocycles. The number of nitrogens with one attached hydrogen (secondary N) is 4. The van der Waals surface area contributed by atoms with E-state index >= 15 is 0 Å². The number of amides is 4. The van der Waals surface area contributed by atoms with Gasteiger partial charge in [0, 0.05) is 36.5 Å². The van der Waals surface area contributed by atoms with Gasteiger partial charge in [-0.1, -0.05) is 87.6 Å². The third-order valence-corrected chi connectivity index (χ3v) is 9.36. The predicted octanol–water partition coefficient (Wildman–Crippen LogP) is 5.07. The minimum absolute atomic E-state index is 0.0272. The molecule has 9 nitrogen and oxygen atoms in total. The highest BCUT2D eigenvalue weighted by molar-refractivity contribution is 5.95. The lowest BCUT2D eigenvalue weighted by Gasteiger charge is -2.36. The largest absolute Gasteiger partial charge is 0.361 e. The lowest BCUT2D eigenvalue weighted by atomic mass is 9.98. The minimum atomic E-state index is -0.844. The molecule has 2 saturated heterocycles. The second-order valence-corrected chi connectivity index (χ2v) is 12.6. The van der Waals surface area contributed by atoms with Crippen LogP contribution in [0, 0.1) is 0 Å². The van der Waals surface area contributed by atoms with Gasteiger partial charge in [-0.25, -0.2) is 0 Å². The Morgan fingerprint density at radius 3 is 2.47 bits per heavy atom. The molecule has 0 bridgehead atoms. The molecule has 5 atom stereocenters. The summed E-state index contributed by atoms with van der Waals surface area (Å²) in [5.41, 5.74) is 2.93. The summed E-state index contributed by atoms with van der Waals surface area (Å²) >= 11 is 0. The number of para-hydroxylation sites is 1. The van der Waals surface area contributed by atoms with Crippen molar-refractivity contribution in [3.63, 3.8) is 0 Å². The number of carbonyl (C=O) groups is 4. The van der Waals surface area contributed by atoms with E-state index in [-0.39, 0.29) is 36.2 Å². The Hall–Kier alpha value is -4.14. The molecule has 2 aromatic carbocycles. The fourth-order valence-electron chi connectivity index (χ4n) is 7.04. The Kier molecular flexibility index (Phi) is 10.9. The van der Waals surface area contributed by atoms with E-state index in [1.807, 2.05) is 60.8 Å². The van der Waals surface area contributed by atoms with Gasteiger partial charge in [0.25, 0.3) is 0 Å². The summed E-state index contributed by atoms with van der Waals surface area (Å²) in [6.45, 7) is 3.55. The van der Waals surface area contributed by atoms with Gasteiger partial charge in [0.15, 0.2) is 0 Å². The molecular formula is C36H47N5O4. The summed E-state index contributed by atoms with van der Waals surface area (Å²) in [6.07, 6.45) is 10.6. The van der Waals surface area contributed by atoms with Crippen LogP contribution in [0.5, 0.6) is 0 Å². The number of aromatic nitrogens is 1. The molecule has 3 aromatic rings. The van der Waals surface area contributed by atoms with Crippen molar-refractivity contribution in [3.8, 4) is 0 Å². The maximum absolute atomic E-state index is 14.2. The fourth-order valence-corrected chi connectivity index (χ4v) is 7.04. The van der Waals surface area contributed by atoms with E-state index in [1.54, 1.807) is 4.90 Å². The number of hydrogen-bond acceptors (Lipinski definition) is 4. The summed E-state index contributed by atoms with van der Waals surface area (Å²) in [5.74, 6) is -1.05. The first-order chi connectivity index (χ1) is 21.9. The number of nitrogens with zero attached hydrogens (tertiary/aromatic N) is 1. The van der Waals surface area contributed by atoms with Crippen molar-refractivity contribution in [2.45, 2.75) is 115 Å². The van der Waals surface area contributed by atoms with Gasteiger partial charge in [-0.15, -0.1) is 0 Å². The van der Waals surface area contributed by atoms with Crippen molar-refractivity contribution in [2.75, 3.05) is 0 Å². The number of benzene rings is 2. The molecule has 240 valence electrons. The van der Waals surface area contributed by atoms with E-state index in [9.17, 15) is 19.2 Å². The van der Waals surface area contributed by atoms with Gasteiger partial charge in [-0.2, -0.15) is 0 Å². The van der Waals surface area contributed by atoms with Crippen LogP contribution in [0.4, 0.5) is 0 Å². The van der Waals surface area contributed by atoms with Crippen LogP contribution >= 0.6 is 0 Å². The second kappa shape index (κ2) is 15.2. The van der Waals surface area contributed by atoms with E-state index in [4.69, 9.17) is 0 Å². The third kappa shape index (κ3) is 7.93. The van der Waals surface area contributed by atoms with Crippen molar-refractivity contribution in [1.29, 1.82) is 0 Å². The standard InChI is InChI=1S/C36H47N5O4/c1-3-4-6-17-29(25-13-7-5-8-14-25)39-35(44)33-21-20-27-15-9-11-19-31(36(45)41(27)33)40-34(43)32(38-24(2)42)22-26-23-37-30-18-12-10-16-28(26)30/h5,7-8,10,12-14,16,18,23,27,29,31-33,37H,3-4,6,9,11,15,17,19-22H2,1-2H3,(H,38,42)(H,39,44)(H,40,43)/t27-,29+,31-,32-,33-/m0/s1. The van der Waals surface area contributed by atoms with E-state index in [0.29, 0.717) is 12.8 Å². The van der Waals surface area contributed by atoms with E-state index in [0.717, 1.165) is 73.4 Å². The second-order valence-electron chi connectivity index (χ2n) is 12.6. The predicted molar refractivity (Wildman–Crippen MR) is 175 cm³/mol. The summed E-state index contributed by atoms with van der Waals surface area (Å²) in [5, 5.41) is 10.1. The van der Waals surface area contributed by atoms with E-state index in [2.05, 4.69) is 27.9 Å². The Labute approximate surface area is 265 Å². The van der Waals surface area contributed by atoms with E-state index in [1.165, 1.54) is 6.92 Å². The highest BCUT2D eigenvalue weighted by Crippen LogP contribution is 2.32. The molecule has 0 radical (unpaired) electrons. The van der Waals surface area contributed by atoms with Gasteiger partial charge < -0.3 is 25.8 Å². The molecule has 2 aliphatic heterocycles. The van der Waals surface area contributed by atoms with Crippen LogP contribution in [0.15, 0.2) is 60.8 Å². The van der Waals surface area contributed by atoms with Crippen LogP contribution < -0.4 is 16.0 Å². The van der Waals surface area contributed by atoms with Gasteiger partial charge in [-0.3, -0.25) is 19.2 Å². The number of rotatable bonds is 12. The smallest absolute Gasteiger partial charge is 0.246 e. The van der Waals surface area contributed by atoms with Crippen molar-refractivity contribution in [2.24, 2.45) is 0 Å². The average molecular weight is 614 g/mol. The quantitative estimate of drug-likeness (QED) is 0.213. The van der Waals surface area contributed by atoms with Crippen LogP contribution in [0.1, 0.15) is 95.2 Å². The lowest BCUT2D eigenvalue weighted by molar-refractivity contribution is -0.144. The molecule has 0 aliphatic carbocycles. The molecule has 0 spiro atoms. The monoisotopic (exact) mass is 613 g/mol. The SMILES string of the molecule is CCCCC[C@@H](NC(=O)[C@@H]1CC[C@@H]2CCCC[C@H](NC(=O)[C@H](Cc3c[nH]c4ccccc34)NC(C)=O)C(=O)N21)c1ccccc1. The van der Waals surface area contributed by atoms with Crippen LogP contribution in [0.3, 0.4) is 0 Å². The summed E-state index contributed by atoms with van der Waals surface area (Å²) in [6, 6.07) is 15.5. The number of fused-ring (bicyclic) bond motifs is 2. The molecule has 9 heteroatoms. The molecule has 2 fully saturated rings. The minimum Gasteiger partial charge on any atom is -0.361 e. The highest BCUT2D eigenvalue weighted by atomic mass is 16.2. The van der Waals surface area contributed by atoms with Gasteiger partial charge in [0.2, 0.25) is 23.6 Å². The average Bonchev–Trinajstić information content (AvgIpc) is 3.65. The molecule has 1 aromatic heterocycles. The Morgan fingerprint density at radius 1 is 0.933 bits per heavy atom. The van der Waals surface area contributed by atoms with Crippen molar-refractivity contribution in [3.05, 3.63) is 71.9 Å². The summed E-state index contributed by atoms with van der Waals surface area (Å²) in [7, 11) is 0. The molecule has 4 N–H and O–H groups in total. The van der Waals surface area contributed by atoms with Gasteiger partial charge >= 0.3 is 0 Å². The first-order valence-electron chi connectivity index (χ1n) is 16.7. The zero-order valence-electron chi connectivity index (χ0n) is 26.5. The van der Waals surface area contributed by atoms with Crippen molar-refractivity contribution >= 4 is 34.5 Å². The fraction of sp³-hybridized carbons (Fsp3) is 0.500. The Balaban J connectivity index is 1.31. The summed E-state index contributed by atoms with van der Waals surface area (Å²) in [4.78, 5) is 58.9. The maximum Gasteiger partial charge on any atom is 0.246 e. The molecule has 5 rings (SSSR count). The topological polar surface area (TPSA) is 123 Å². The number of carbonyl (C=O) groups excluding carboxylic acids is 4. The Morgan fingerprint density at radius 2 is 1.69 bits per heavy atom. The molecule has 2 aliphatic rings. The van der Waals surface area contributed by atoms with Crippen molar-refractivity contribution < 1.29 is 19.2 Å². The summed E-state index contributed by atoms with van der Waals surface area (Å²) < 4.78 is 0. The maximum atomic E-state index is 14.2. The first kappa shape index (κ1) is 32.3. The molecule has 0 unspecified atom stereocenters.